The first kappa shape index (κ1) is 20.8. The summed E-state index contributed by atoms with van der Waals surface area (Å²) >= 11 is 0. The van der Waals surface area contributed by atoms with Crippen molar-refractivity contribution in [3.63, 3.8) is 0 Å². The topological polar surface area (TPSA) is 49.4 Å². The van der Waals surface area contributed by atoms with Crippen LogP contribution in [0.15, 0.2) is 18.3 Å². The van der Waals surface area contributed by atoms with Crippen LogP contribution in [0.1, 0.15) is 50.5 Å². The van der Waals surface area contributed by atoms with Gasteiger partial charge in [-0.15, -0.1) is 12.4 Å². The van der Waals surface area contributed by atoms with Crippen LogP contribution in [-0.2, 0) is 11.3 Å². The molecule has 1 aromatic heterocycles. The summed E-state index contributed by atoms with van der Waals surface area (Å²) in [5.41, 5.74) is 1.29. The highest BCUT2D eigenvalue weighted by Gasteiger charge is 2.34. The van der Waals surface area contributed by atoms with Gasteiger partial charge in [-0.05, 0) is 43.2 Å². The van der Waals surface area contributed by atoms with Crippen LogP contribution in [0.3, 0.4) is 0 Å². The Kier molecular flexibility index (Phi) is 8.19. The average Bonchev–Trinajstić information content (AvgIpc) is 3.00. The molecule has 27 heavy (non-hydrogen) atoms. The number of anilines is 1. The van der Waals surface area contributed by atoms with Gasteiger partial charge in [0.1, 0.15) is 5.82 Å². The van der Waals surface area contributed by atoms with Gasteiger partial charge in [0.2, 0.25) is 0 Å². The van der Waals surface area contributed by atoms with Gasteiger partial charge < -0.3 is 20.3 Å². The van der Waals surface area contributed by atoms with Gasteiger partial charge in [-0.1, -0.05) is 25.3 Å². The zero-order chi connectivity index (χ0) is 17.6. The molecule has 0 aromatic carbocycles. The Morgan fingerprint density at radius 3 is 2.67 bits per heavy atom. The molecule has 3 aliphatic rings. The summed E-state index contributed by atoms with van der Waals surface area (Å²) in [6.45, 7) is 5.96. The molecule has 3 unspecified atom stereocenters. The SMILES string of the molecule is Cl.c1cc(N2CCCCCC2)ncc1CNC1CCCC1C1COCCN1. The molecule has 1 aliphatic carbocycles. The highest BCUT2D eigenvalue weighted by Crippen LogP contribution is 2.29. The van der Waals surface area contributed by atoms with Gasteiger partial charge in [0, 0.05) is 44.5 Å². The van der Waals surface area contributed by atoms with E-state index in [9.17, 15) is 0 Å². The summed E-state index contributed by atoms with van der Waals surface area (Å²) in [7, 11) is 0. The highest BCUT2D eigenvalue weighted by atomic mass is 35.5. The fourth-order valence-corrected chi connectivity index (χ4v) is 4.84. The summed E-state index contributed by atoms with van der Waals surface area (Å²) in [6, 6.07) is 5.59. The van der Waals surface area contributed by atoms with Crippen molar-refractivity contribution in [3.05, 3.63) is 23.9 Å². The molecule has 5 nitrogen and oxygen atoms in total. The predicted octanol–water partition coefficient (Wildman–Crippen LogP) is 3.13. The minimum absolute atomic E-state index is 0. The first-order valence-electron chi connectivity index (χ1n) is 10.6. The summed E-state index contributed by atoms with van der Waals surface area (Å²) in [4.78, 5) is 7.20. The lowest BCUT2D eigenvalue weighted by Crippen LogP contribution is -2.50. The number of nitrogens with zero attached hydrogens (tertiary/aromatic N) is 2. The maximum atomic E-state index is 5.68. The maximum Gasteiger partial charge on any atom is 0.128 e. The summed E-state index contributed by atoms with van der Waals surface area (Å²) in [5.74, 6) is 1.84. The Bertz CT molecular complexity index is 542. The van der Waals surface area contributed by atoms with Gasteiger partial charge in [0.25, 0.3) is 0 Å². The average molecular weight is 395 g/mol. The first-order chi connectivity index (χ1) is 12.9. The van der Waals surface area contributed by atoms with E-state index in [1.807, 2.05) is 0 Å². The van der Waals surface area contributed by atoms with E-state index in [-0.39, 0.29) is 12.4 Å². The summed E-state index contributed by atoms with van der Waals surface area (Å²) in [6.07, 6.45) is 11.3. The van der Waals surface area contributed by atoms with E-state index in [4.69, 9.17) is 9.72 Å². The van der Waals surface area contributed by atoms with Crippen molar-refractivity contribution in [1.29, 1.82) is 0 Å². The summed E-state index contributed by atoms with van der Waals surface area (Å²) in [5, 5.41) is 7.46. The van der Waals surface area contributed by atoms with E-state index in [1.54, 1.807) is 0 Å². The molecule has 152 valence electrons. The lowest BCUT2D eigenvalue weighted by atomic mass is 9.94. The predicted molar refractivity (Wildman–Crippen MR) is 113 cm³/mol. The minimum atomic E-state index is 0. The number of aromatic nitrogens is 1. The van der Waals surface area contributed by atoms with Crippen LogP contribution in [0.25, 0.3) is 0 Å². The minimum Gasteiger partial charge on any atom is -0.379 e. The van der Waals surface area contributed by atoms with Crippen molar-refractivity contribution < 1.29 is 4.74 Å². The van der Waals surface area contributed by atoms with Gasteiger partial charge in [-0.2, -0.15) is 0 Å². The van der Waals surface area contributed by atoms with Crippen molar-refractivity contribution in [2.75, 3.05) is 37.7 Å². The second-order valence-corrected chi connectivity index (χ2v) is 8.14. The van der Waals surface area contributed by atoms with Crippen LogP contribution >= 0.6 is 12.4 Å². The lowest BCUT2D eigenvalue weighted by molar-refractivity contribution is 0.0524. The quantitative estimate of drug-likeness (QED) is 0.803. The van der Waals surface area contributed by atoms with Crippen molar-refractivity contribution >= 4 is 18.2 Å². The number of halogens is 1. The second kappa shape index (κ2) is 10.6. The molecule has 2 aliphatic heterocycles. The third-order valence-corrected chi connectivity index (χ3v) is 6.34. The van der Waals surface area contributed by atoms with Crippen LogP contribution in [0, 0.1) is 5.92 Å². The van der Waals surface area contributed by atoms with E-state index in [2.05, 4.69) is 33.9 Å². The number of hydrogen-bond acceptors (Lipinski definition) is 5. The highest BCUT2D eigenvalue weighted by molar-refractivity contribution is 5.85. The third-order valence-electron chi connectivity index (χ3n) is 6.34. The van der Waals surface area contributed by atoms with Gasteiger partial charge >= 0.3 is 0 Å². The first-order valence-corrected chi connectivity index (χ1v) is 10.6. The molecule has 3 heterocycles. The smallest absolute Gasteiger partial charge is 0.128 e. The fraction of sp³-hybridized carbons (Fsp3) is 0.762. The largest absolute Gasteiger partial charge is 0.379 e. The molecular weight excluding hydrogens is 360 g/mol. The molecule has 0 amide bonds. The third kappa shape index (κ3) is 5.57. The molecule has 2 N–H and O–H groups in total. The van der Waals surface area contributed by atoms with Crippen molar-refractivity contribution in [3.8, 4) is 0 Å². The van der Waals surface area contributed by atoms with Crippen molar-refractivity contribution in [1.82, 2.24) is 15.6 Å². The van der Waals surface area contributed by atoms with E-state index >= 15 is 0 Å². The molecule has 2 saturated heterocycles. The molecule has 0 radical (unpaired) electrons. The fourth-order valence-electron chi connectivity index (χ4n) is 4.84. The molecular formula is C21H35ClN4O. The zero-order valence-electron chi connectivity index (χ0n) is 16.4. The molecule has 1 aromatic rings. The molecule has 1 saturated carbocycles. The Morgan fingerprint density at radius 1 is 1.11 bits per heavy atom. The standard InChI is InChI=1S/C21H34N4O.ClH/c1-2-4-12-25(11-3-1)21-9-8-17(15-24-21)14-23-19-7-5-6-18(19)20-16-26-13-10-22-20;/h8-9,15,18-20,22-23H,1-7,10-14,16H2;1H. The Morgan fingerprint density at radius 2 is 1.96 bits per heavy atom. The molecule has 0 bridgehead atoms. The maximum absolute atomic E-state index is 5.68. The van der Waals surface area contributed by atoms with Crippen molar-refractivity contribution in [2.24, 2.45) is 5.92 Å². The normalized spacial score (nSPS) is 29.2. The number of ether oxygens (including phenoxy) is 1. The molecule has 3 atom stereocenters. The van der Waals surface area contributed by atoms with Crippen LogP contribution in [-0.4, -0.2) is 49.9 Å². The van der Waals surface area contributed by atoms with Crippen LogP contribution in [0.2, 0.25) is 0 Å². The number of rotatable bonds is 5. The van der Waals surface area contributed by atoms with Gasteiger partial charge in [-0.25, -0.2) is 4.98 Å². The van der Waals surface area contributed by atoms with E-state index in [1.165, 1.54) is 50.5 Å². The molecule has 6 heteroatoms. The number of nitrogens with one attached hydrogen (secondary N) is 2. The van der Waals surface area contributed by atoms with Gasteiger partial charge in [0.15, 0.2) is 0 Å². The van der Waals surface area contributed by atoms with Crippen molar-refractivity contribution in [2.45, 2.75) is 63.6 Å². The Balaban J connectivity index is 0.00000210. The Hall–Kier alpha value is -0.880. The van der Waals surface area contributed by atoms with Gasteiger partial charge in [0.05, 0.1) is 13.2 Å². The number of morpholine rings is 1. The van der Waals surface area contributed by atoms with Gasteiger partial charge in [-0.3, -0.25) is 0 Å². The monoisotopic (exact) mass is 394 g/mol. The summed E-state index contributed by atoms with van der Waals surface area (Å²) < 4.78 is 5.68. The zero-order valence-corrected chi connectivity index (χ0v) is 17.2. The van der Waals surface area contributed by atoms with Crippen LogP contribution in [0.4, 0.5) is 5.82 Å². The van der Waals surface area contributed by atoms with Crippen LogP contribution in [0.5, 0.6) is 0 Å². The van der Waals surface area contributed by atoms with Crippen LogP contribution < -0.4 is 15.5 Å². The number of pyridine rings is 1. The molecule has 0 spiro atoms. The Labute approximate surface area is 170 Å². The van der Waals surface area contributed by atoms with E-state index in [0.29, 0.717) is 18.0 Å². The second-order valence-electron chi connectivity index (χ2n) is 8.14. The molecule has 3 fully saturated rings. The van der Waals surface area contributed by atoms with E-state index in [0.717, 1.165) is 45.2 Å². The van der Waals surface area contributed by atoms with E-state index < -0.39 is 0 Å². The lowest BCUT2D eigenvalue weighted by Gasteiger charge is -2.33. The molecule has 4 rings (SSSR count). The number of hydrogen-bond donors (Lipinski definition) is 2.